The third kappa shape index (κ3) is 6.34. The molecule has 0 bridgehead atoms. The van der Waals surface area contributed by atoms with Crippen LogP contribution >= 0.6 is 0 Å². The van der Waals surface area contributed by atoms with Gasteiger partial charge in [-0.15, -0.1) is 0 Å². The van der Waals surface area contributed by atoms with Gasteiger partial charge in [0, 0.05) is 28.0 Å². The molecule has 264 valence electrons. The van der Waals surface area contributed by atoms with Crippen molar-refractivity contribution in [3.63, 3.8) is 0 Å². The number of anilines is 3. The van der Waals surface area contributed by atoms with Crippen LogP contribution in [0.15, 0.2) is 229 Å². The van der Waals surface area contributed by atoms with E-state index in [1.54, 1.807) is 0 Å². The van der Waals surface area contributed by atoms with E-state index in [9.17, 15) is 0 Å². The maximum Gasteiger partial charge on any atom is 0.136 e. The highest BCUT2D eigenvalue weighted by molar-refractivity contribution is 5.97. The molecule has 1 aromatic heterocycles. The van der Waals surface area contributed by atoms with Crippen LogP contribution in [0.2, 0.25) is 0 Å². The molecule has 0 N–H and O–H groups in total. The van der Waals surface area contributed by atoms with Gasteiger partial charge in [-0.1, -0.05) is 176 Å². The topological polar surface area (TPSA) is 16.4 Å². The van der Waals surface area contributed by atoms with Gasteiger partial charge in [0.1, 0.15) is 11.3 Å². The third-order valence-electron chi connectivity index (χ3n) is 10.7. The van der Waals surface area contributed by atoms with Gasteiger partial charge in [0.25, 0.3) is 0 Å². The van der Waals surface area contributed by atoms with Gasteiger partial charge in [0.2, 0.25) is 0 Å². The van der Waals surface area contributed by atoms with E-state index in [0.29, 0.717) is 0 Å². The van der Waals surface area contributed by atoms with Gasteiger partial charge in [-0.3, -0.25) is 0 Å². The van der Waals surface area contributed by atoms with Crippen molar-refractivity contribution in [3.8, 4) is 55.8 Å². The quantitative estimate of drug-likeness (QED) is 0.156. The SMILES string of the molecule is c1ccc(-c2ccc(N(c3ccc(-c4ccc(-c5cccc6ccccc56)cc4)cc3)c3ccc(-c4ccccc4-c4cc5ccccc5o4)cc3)cc2)cc1. The predicted octanol–water partition coefficient (Wildman–Crippen LogP) is 15.4. The first-order chi connectivity index (χ1) is 27.7. The lowest BCUT2D eigenvalue weighted by Gasteiger charge is -2.26. The third-order valence-corrected chi connectivity index (χ3v) is 10.7. The number of hydrogen-bond donors (Lipinski definition) is 0. The van der Waals surface area contributed by atoms with Crippen LogP contribution < -0.4 is 4.90 Å². The van der Waals surface area contributed by atoms with Crippen molar-refractivity contribution in [2.24, 2.45) is 0 Å². The van der Waals surface area contributed by atoms with E-state index in [1.807, 2.05) is 18.2 Å². The van der Waals surface area contributed by atoms with E-state index < -0.39 is 0 Å². The van der Waals surface area contributed by atoms with Gasteiger partial charge in [-0.2, -0.15) is 0 Å². The summed E-state index contributed by atoms with van der Waals surface area (Å²) in [6.45, 7) is 0. The van der Waals surface area contributed by atoms with Crippen LogP contribution in [-0.2, 0) is 0 Å². The van der Waals surface area contributed by atoms with Crippen LogP contribution in [0.5, 0.6) is 0 Å². The summed E-state index contributed by atoms with van der Waals surface area (Å²) in [7, 11) is 0. The normalized spacial score (nSPS) is 11.2. The molecule has 0 fully saturated rings. The van der Waals surface area contributed by atoms with Crippen molar-refractivity contribution >= 4 is 38.8 Å². The van der Waals surface area contributed by atoms with Gasteiger partial charge in [0.15, 0.2) is 0 Å². The molecular weight excluding hydrogens is 679 g/mol. The molecular formula is C54H37NO. The molecule has 10 rings (SSSR count). The molecule has 0 aliphatic heterocycles. The molecule has 0 spiro atoms. The van der Waals surface area contributed by atoms with Crippen LogP contribution in [0.4, 0.5) is 17.1 Å². The fourth-order valence-electron chi connectivity index (χ4n) is 7.86. The van der Waals surface area contributed by atoms with Crippen molar-refractivity contribution in [1.82, 2.24) is 0 Å². The molecule has 1 heterocycles. The van der Waals surface area contributed by atoms with Gasteiger partial charge in [-0.25, -0.2) is 0 Å². The summed E-state index contributed by atoms with van der Waals surface area (Å²) in [6.07, 6.45) is 0. The van der Waals surface area contributed by atoms with Crippen LogP contribution in [-0.4, -0.2) is 0 Å². The zero-order valence-electron chi connectivity index (χ0n) is 30.7. The van der Waals surface area contributed by atoms with Crippen molar-refractivity contribution in [1.29, 1.82) is 0 Å². The number of nitrogens with zero attached hydrogens (tertiary/aromatic N) is 1. The van der Waals surface area contributed by atoms with E-state index in [2.05, 4.69) is 211 Å². The molecule has 0 aliphatic carbocycles. The number of fused-ring (bicyclic) bond motifs is 2. The molecule has 2 nitrogen and oxygen atoms in total. The van der Waals surface area contributed by atoms with E-state index >= 15 is 0 Å². The van der Waals surface area contributed by atoms with Crippen molar-refractivity contribution in [2.45, 2.75) is 0 Å². The number of para-hydroxylation sites is 1. The second kappa shape index (κ2) is 14.4. The van der Waals surface area contributed by atoms with Crippen LogP contribution in [0.25, 0.3) is 77.6 Å². The second-order valence-electron chi connectivity index (χ2n) is 14.1. The molecule has 0 aliphatic rings. The summed E-state index contributed by atoms with van der Waals surface area (Å²) < 4.78 is 6.31. The molecule has 0 amide bonds. The monoisotopic (exact) mass is 715 g/mol. The fraction of sp³-hybridized carbons (Fsp3) is 0. The Kier molecular flexibility index (Phi) is 8.55. The summed E-state index contributed by atoms with van der Waals surface area (Å²) in [4.78, 5) is 2.33. The largest absolute Gasteiger partial charge is 0.456 e. The maximum atomic E-state index is 6.31. The van der Waals surface area contributed by atoms with Gasteiger partial charge in [-0.05, 0) is 104 Å². The first-order valence-corrected chi connectivity index (χ1v) is 19.1. The number of benzene rings is 9. The van der Waals surface area contributed by atoms with Crippen molar-refractivity contribution < 1.29 is 4.42 Å². The Morgan fingerprint density at radius 3 is 1.36 bits per heavy atom. The average Bonchev–Trinajstić information content (AvgIpc) is 3.72. The Morgan fingerprint density at radius 2 is 0.714 bits per heavy atom. The number of furan rings is 1. The van der Waals surface area contributed by atoms with E-state index in [1.165, 1.54) is 44.2 Å². The Hall–Kier alpha value is -7.42. The zero-order valence-corrected chi connectivity index (χ0v) is 30.7. The van der Waals surface area contributed by atoms with Gasteiger partial charge >= 0.3 is 0 Å². The molecule has 0 radical (unpaired) electrons. The predicted molar refractivity (Wildman–Crippen MR) is 236 cm³/mol. The minimum atomic E-state index is 0.870. The summed E-state index contributed by atoms with van der Waals surface area (Å²) >= 11 is 0. The number of hydrogen-bond acceptors (Lipinski definition) is 2. The Labute approximate surface area is 327 Å². The standard InChI is InChI=1S/C54H37NO/c1-2-11-38(12-3-1)40-25-31-46(32-26-40)55(48-35-29-44(30-36-48)51-17-7-8-18-52(51)54-37-45-14-5-9-20-53(45)56-54)47-33-27-41(28-34-47)39-21-23-43(24-22-39)50-19-10-15-42-13-4-6-16-49(42)50/h1-37H. The van der Waals surface area contributed by atoms with Crippen molar-refractivity contribution in [3.05, 3.63) is 224 Å². The Balaban J connectivity index is 0.988. The number of rotatable bonds is 8. The molecule has 10 aromatic rings. The summed E-state index contributed by atoms with van der Waals surface area (Å²) in [5.74, 6) is 0.870. The molecule has 0 saturated carbocycles. The van der Waals surface area contributed by atoms with E-state index in [-0.39, 0.29) is 0 Å². The van der Waals surface area contributed by atoms with Crippen LogP contribution in [0.1, 0.15) is 0 Å². The molecule has 9 aromatic carbocycles. The summed E-state index contributed by atoms with van der Waals surface area (Å²) in [5.41, 5.74) is 14.7. The van der Waals surface area contributed by atoms with Crippen LogP contribution in [0, 0.1) is 0 Å². The van der Waals surface area contributed by atoms with Crippen molar-refractivity contribution in [2.75, 3.05) is 4.90 Å². The molecule has 0 atom stereocenters. The fourth-order valence-corrected chi connectivity index (χ4v) is 7.86. The van der Waals surface area contributed by atoms with Gasteiger partial charge < -0.3 is 9.32 Å². The van der Waals surface area contributed by atoms with Gasteiger partial charge in [0.05, 0.1) is 0 Å². The minimum absolute atomic E-state index is 0.870. The maximum absolute atomic E-state index is 6.31. The molecule has 0 saturated heterocycles. The first kappa shape index (κ1) is 33.2. The highest BCUT2D eigenvalue weighted by Gasteiger charge is 2.16. The highest BCUT2D eigenvalue weighted by atomic mass is 16.3. The first-order valence-electron chi connectivity index (χ1n) is 19.1. The van der Waals surface area contributed by atoms with E-state index in [0.717, 1.165) is 50.5 Å². The molecule has 0 unspecified atom stereocenters. The molecule has 2 heteroatoms. The average molecular weight is 716 g/mol. The van der Waals surface area contributed by atoms with Crippen LogP contribution in [0.3, 0.4) is 0 Å². The summed E-state index contributed by atoms with van der Waals surface area (Å²) in [5, 5.41) is 3.63. The van der Waals surface area contributed by atoms with E-state index in [4.69, 9.17) is 4.42 Å². The molecule has 56 heavy (non-hydrogen) atoms. The highest BCUT2D eigenvalue weighted by Crippen LogP contribution is 2.40. The smallest absolute Gasteiger partial charge is 0.136 e. The Morgan fingerprint density at radius 1 is 0.286 bits per heavy atom. The minimum Gasteiger partial charge on any atom is -0.456 e. The lowest BCUT2D eigenvalue weighted by atomic mass is 9.96. The zero-order chi connectivity index (χ0) is 37.3. The lowest BCUT2D eigenvalue weighted by Crippen LogP contribution is -2.09. The second-order valence-corrected chi connectivity index (χ2v) is 14.1. The Bertz CT molecular complexity index is 2890. The summed E-state index contributed by atoms with van der Waals surface area (Å²) in [6, 6.07) is 80.0. The lowest BCUT2D eigenvalue weighted by molar-refractivity contribution is 0.632.